The Hall–Kier alpha value is -3.06. The molecule has 0 radical (unpaired) electrons. The molecule has 0 bridgehead atoms. The van der Waals surface area contributed by atoms with E-state index in [0.29, 0.717) is 46.7 Å². The minimum atomic E-state index is -0.137. The minimum absolute atomic E-state index is 0.137. The Morgan fingerprint density at radius 3 is 2.45 bits per heavy atom. The van der Waals surface area contributed by atoms with E-state index >= 15 is 0 Å². The Balaban J connectivity index is 1.89. The molecule has 2 aromatic carbocycles. The number of methoxy groups -OCH3 is 2. The van der Waals surface area contributed by atoms with Crippen LogP contribution < -0.4 is 20.3 Å². The molecule has 1 aromatic heterocycles. The van der Waals surface area contributed by atoms with Gasteiger partial charge < -0.3 is 24.7 Å². The van der Waals surface area contributed by atoms with E-state index in [-0.39, 0.29) is 5.56 Å². The van der Waals surface area contributed by atoms with Crippen molar-refractivity contribution in [2.45, 2.75) is 33.7 Å². The molecule has 0 saturated carbocycles. The third-order valence-corrected chi connectivity index (χ3v) is 6.05. The normalized spacial score (nSPS) is 11.0. The number of nitrogens with zero attached hydrogens (tertiary/aromatic N) is 1. The number of aryl methyl sites for hydroxylation is 1. The van der Waals surface area contributed by atoms with Crippen molar-refractivity contribution in [1.29, 1.82) is 0 Å². The number of rotatable bonds is 9. The van der Waals surface area contributed by atoms with E-state index < -0.39 is 0 Å². The van der Waals surface area contributed by atoms with Crippen LogP contribution in [0.3, 0.4) is 0 Å². The van der Waals surface area contributed by atoms with Gasteiger partial charge in [0, 0.05) is 30.1 Å². The predicted octanol–water partition coefficient (Wildman–Crippen LogP) is 4.43. The third-order valence-electron chi connectivity index (χ3n) is 5.65. The Morgan fingerprint density at radius 2 is 1.79 bits per heavy atom. The van der Waals surface area contributed by atoms with Crippen LogP contribution in [0.5, 0.6) is 11.5 Å². The third kappa shape index (κ3) is 6.26. The number of ether oxygens (including phenoxy) is 2. The standard InChI is InChI=1S/C26H33N3O3S/c1-17(2)15-27-26(33)29(11-10-19-9-7-6-8-18(19)3)16-21-12-20-13-23(31-4)24(32-5)14-22(20)28-25(21)30/h6-9,12-14,17H,10-11,15-16H2,1-5H3,(H,27,33)(H,28,30). The lowest BCUT2D eigenvalue weighted by Crippen LogP contribution is -2.42. The van der Waals surface area contributed by atoms with E-state index in [2.05, 4.69) is 54.2 Å². The molecule has 0 amide bonds. The summed E-state index contributed by atoms with van der Waals surface area (Å²) in [6.07, 6.45) is 0.840. The number of benzene rings is 2. The van der Waals surface area contributed by atoms with Crippen LogP contribution in [0.2, 0.25) is 0 Å². The van der Waals surface area contributed by atoms with Crippen molar-refractivity contribution in [2.75, 3.05) is 27.3 Å². The Bertz CT molecular complexity index is 1170. The summed E-state index contributed by atoms with van der Waals surface area (Å²) in [5.41, 5.74) is 3.74. The van der Waals surface area contributed by atoms with Crippen molar-refractivity contribution in [3.05, 3.63) is 69.5 Å². The SMILES string of the molecule is COc1cc2cc(CN(CCc3ccccc3C)C(=S)NCC(C)C)c(=O)[nH]c2cc1OC. The molecule has 1 heterocycles. The zero-order valence-corrected chi connectivity index (χ0v) is 20.8. The van der Waals surface area contributed by atoms with E-state index in [1.54, 1.807) is 20.3 Å². The lowest BCUT2D eigenvalue weighted by atomic mass is 10.1. The largest absolute Gasteiger partial charge is 0.493 e. The van der Waals surface area contributed by atoms with Crippen molar-refractivity contribution in [3.63, 3.8) is 0 Å². The molecule has 6 nitrogen and oxygen atoms in total. The van der Waals surface area contributed by atoms with Gasteiger partial charge in [-0.3, -0.25) is 4.79 Å². The first-order valence-corrected chi connectivity index (χ1v) is 11.6. The topological polar surface area (TPSA) is 66.6 Å². The van der Waals surface area contributed by atoms with Crippen molar-refractivity contribution in [1.82, 2.24) is 15.2 Å². The van der Waals surface area contributed by atoms with Gasteiger partial charge in [0.15, 0.2) is 16.6 Å². The predicted molar refractivity (Wildman–Crippen MR) is 138 cm³/mol. The first-order chi connectivity index (χ1) is 15.8. The summed E-state index contributed by atoms with van der Waals surface area (Å²) in [4.78, 5) is 18.0. The molecule has 2 N–H and O–H groups in total. The van der Waals surface area contributed by atoms with Crippen molar-refractivity contribution in [3.8, 4) is 11.5 Å². The molecule has 33 heavy (non-hydrogen) atoms. The van der Waals surface area contributed by atoms with Crippen LogP contribution in [-0.2, 0) is 13.0 Å². The summed E-state index contributed by atoms with van der Waals surface area (Å²) in [5.74, 6) is 1.66. The number of thiocarbonyl (C=S) groups is 1. The van der Waals surface area contributed by atoms with Crippen LogP contribution in [-0.4, -0.2) is 42.3 Å². The van der Waals surface area contributed by atoms with Crippen LogP contribution >= 0.6 is 12.2 Å². The van der Waals surface area contributed by atoms with E-state index in [1.807, 2.05) is 18.2 Å². The fourth-order valence-corrected chi connectivity index (χ4v) is 3.94. The van der Waals surface area contributed by atoms with Gasteiger partial charge >= 0.3 is 0 Å². The minimum Gasteiger partial charge on any atom is -0.493 e. The van der Waals surface area contributed by atoms with Gasteiger partial charge in [-0.1, -0.05) is 38.1 Å². The van der Waals surface area contributed by atoms with Gasteiger partial charge in [-0.25, -0.2) is 0 Å². The number of hydrogen-bond acceptors (Lipinski definition) is 4. The molecule has 0 atom stereocenters. The molecule has 0 fully saturated rings. The van der Waals surface area contributed by atoms with Gasteiger partial charge in [0.2, 0.25) is 0 Å². The maximum absolute atomic E-state index is 12.9. The van der Waals surface area contributed by atoms with E-state index in [1.165, 1.54) is 11.1 Å². The van der Waals surface area contributed by atoms with Gasteiger partial charge in [0.05, 0.1) is 26.3 Å². The highest BCUT2D eigenvalue weighted by atomic mass is 32.1. The zero-order chi connectivity index (χ0) is 24.0. The average molecular weight is 468 g/mol. The molecule has 3 rings (SSSR count). The molecule has 0 aliphatic heterocycles. The fraction of sp³-hybridized carbons (Fsp3) is 0.385. The summed E-state index contributed by atoms with van der Waals surface area (Å²) in [6.45, 7) is 8.30. The Kier molecular flexibility index (Phi) is 8.33. The fourth-order valence-electron chi connectivity index (χ4n) is 3.70. The first-order valence-electron chi connectivity index (χ1n) is 11.2. The van der Waals surface area contributed by atoms with Crippen molar-refractivity contribution < 1.29 is 9.47 Å². The summed E-state index contributed by atoms with van der Waals surface area (Å²) in [5, 5.41) is 4.89. The van der Waals surface area contributed by atoms with Crippen molar-refractivity contribution >= 4 is 28.2 Å². The molecule has 0 spiro atoms. The van der Waals surface area contributed by atoms with E-state index in [9.17, 15) is 4.79 Å². The molecule has 176 valence electrons. The lowest BCUT2D eigenvalue weighted by Gasteiger charge is -2.27. The number of hydrogen-bond donors (Lipinski definition) is 2. The van der Waals surface area contributed by atoms with Crippen LogP contribution in [0.4, 0.5) is 0 Å². The van der Waals surface area contributed by atoms with Gasteiger partial charge in [-0.2, -0.15) is 0 Å². The highest BCUT2D eigenvalue weighted by Gasteiger charge is 2.15. The molecular formula is C26H33N3O3S. The van der Waals surface area contributed by atoms with Gasteiger partial charge in [-0.15, -0.1) is 0 Å². The number of fused-ring (bicyclic) bond motifs is 1. The monoisotopic (exact) mass is 467 g/mol. The smallest absolute Gasteiger partial charge is 0.253 e. The van der Waals surface area contributed by atoms with Crippen LogP contribution in [0.1, 0.15) is 30.5 Å². The quantitative estimate of drug-likeness (QED) is 0.454. The molecule has 0 saturated heterocycles. The summed E-state index contributed by atoms with van der Waals surface area (Å²) >= 11 is 5.72. The molecule has 7 heteroatoms. The summed E-state index contributed by atoms with van der Waals surface area (Å²) in [6, 6.07) is 13.9. The van der Waals surface area contributed by atoms with Gasteiger partial charge in [0.1, 0.15) is 0 Å². The van der Waals surface area contributed by atoms with E-state index in [0.717, 1.165) is 18.4 Å². The molecular weight excluding hydrogens is 434 g/mol. The van der Waals surface area contributed by atoms with Crippen LogP contribution in [0, 0.1) is 12.8 Å². The number of H-pyrrole nitrogens is 1. The Morgan fingerprint density at radius 1 is 1.09 bits per heavy atom. The second-order valence-corrected chi connectivity index (χ2v) is 8.98. The lowest BCUT2D eigenvalue weighted by molar-refractivity contribution is 0.355. The maximum Gasteiger partial charge on any atom is 0.253 e. The Labute approximate surface area is 200 Å². The highest BCUT2D eigenvalue weighted by molar-refractivity contribution is 7.80. The molecule has 0 aliphatic carbocycles. The molecule has 0 unspecified atom stereocenters. The second kappa shape index (κ2) is 11.2. The average Bonchev–Trinajstić information content (AvgIpc) is 2.80. The number of nitrogens with one attached hydrogen (secondary N) is 2. The number of pyridine rings is 1. The number of aromatic amines is 1. The van der Waals surface area contributed by atoms with Gasteiger partial charge in [0.25, 0.3) is 5.56 Å². The summed E-state index contributed by atoms with van der Waals surface area (Å²) in [7, 11) is 3.18. The van der Waals surface area contributed by atoms with Crippen molar-refractivity contribution in [2.24, 2.45) is 5.92 Å². The van der Waals surface area contributed by atoms with Gasteiger partial charge in [-0.05, 0) is 54.7 Å². The maximum atomic E-state index is 12.9. The second-order valence-electron chi connectivity index (χ2n) is 8.60. The zero-order valence-electron chi connectivity index (χ0n) is 20.0. The number of aromatic nitrogens is 1. The van der Waals surface area contributed by atoms with Crippen LogP contribution in [0.15, 0.2) is 47.3 Å². The molecule has 3 aromatic rings. The van der Waals surface area contributed by atoms with Crippen LogP contribution in [0.25, 0.3) is 10.9 Å². The summed E-state index contributed by atoms with van der Waals surface area (Å²) < 4.78 is 10.8. The molecule has 0 aliphatic rings. The highest BCUT2D eigenvalue weighted by Crippen LogP contribution is 2.31. The first kappa shape index (κ1) is 24.6. The van der Waals surface area contributed by atoms with E-state index in [4.69, 9.17) is 21.7 Å².